The van der Waals surface area contributed by atoms with Crippen LogP contribution in [0.2, 0.25) is 0 Å². The van der Waals surface area contributed by atoms with E-state index in [4.69, 9.17) is 10.5 Å². The van der Waals surface area contributed by atoms with Gasteiger partial charge in [-0.1, -0.05) is 12.1 Å². The van der Waals surface area contributed by atoms with Gasteiger partial charge in [-0.3, -0.25) is 4.90 Å². The van der Waals surface area contributed by atoms with E-state index >= 15 is 0 Å². The van der Waals surface area contributed by atoms with Gasteiger partial charge in [0, 0.05) is 19.1 Å². The molecular formula is C14H22N2O. The van der Waals surface area contributed by atoms with Crippen LogP contribution in [0.5, 0.6) is 5.75 Å². The van der Waals surface area contributed by atoms with E-state index in [2.05, 4.69) is 24.0 Å². The largest absolute Gasteiger partial charge is 0.497 e. The molecule has 0 aromatic heterocycles. The van der Waals surface area contributed by atoms with E-state index in [-0.39, 0.29) is 0 Å². The Morgan fingerprint density at radius 3 is 2.65 bits per heavy atom. The first-order chi connectivity index (χ1) is 8.19. The van der Waals surface area contributed by atoms with Gasteiger partial charge in [0.05, 0.1) is 7.11 Å². The van der Waals surface area contributed by atoms with Crippen LogP contribution >= 0.6 is 0 Å². The second kappa shape index (κ2) is 5.52. The smallest absolute Gasteiger partial charge is 0.118 e. The van der Waals surface area contributed by atoms with Crippen LogP contribution in [-0.2, 0) is 6.54 Å². The summed E-state index contributed by atoms with van der Waals surface area (Å²) in [6.07, 6.45) is 1.23. The summed E-state index contributed by atoms with van der Waals surface area (Å²) in [5.74, 6) is 1.58. The lowest BCUT2D eigenvalue weighted by atomic mass is 10.0. The average Bonchev–Trinajstić information content (AvgIpc) is 2.79. The second-order valence-electron chi connectivity index (χ2n) is 4.99. The zero-order chi connectivity index (χ0) is 12.3. The lowest BCUT2D eigenvalue weighted by molar-refractivity contribution is 0.308. The summed E-state index contributed by atoms with van der Waals surface area (Å²) in [5, 5.41) is 0. The maximum Gasteiger partial charge on any atom is 0.118 e. The molecule has 1 aliphatic heterocycles. The topological polar surface area (TPSA) is 38.5 Å². The number of benzene rings is 1. The van der Waals surface area contributed by atoms with Gasteiger partial charge in [0.15, 0.2) is 0 Å². The van der Waals surface area contributed by atoms with Gasteiger partial charge in [-0.2, -0.15) is 0 Å². The van der Waals surface area contributed by atoms with Crippen molar-refractivity contribution < 1.29 is 4.74 Å². The van der Waals surface area contributed by atoms with Crippen LogP contribution < -0.4 is 10.5 Å². The molecule has 1 saturated heterocycles. The van der Waals surface area contributed by atoms with Crippen molar-refractivity contribution in [3.63, 3.8) is 0 Å². The standard InChI is InChI=1S/C14H22N2O/c1-11(15)13-7-8-16(10-13)9-12-3-5-14(17-2)6-4-12/h3-6,11,13H,7-10,15H2,1-2H3. The molecule has 1 heterocycles. The summed E-state index contributed by atoms with van der Waals surface area (Å²) in [7, 11) is 1.70. The van der Waals surface area contributed by atoms with Gasteiger partial charge in [0.1, 0.15) is 5.75 Å². The highest BCUT2D eigenvalue weighted by molar-refractivity contribution is 5.27. The van der Waals surface area contributed by atoms with Crippen LogP contribution in [0.1, 0.15) is 18.9 Å². The monoisotopic (exact) mass is 234 g/mol. The molecule has 1 fully saturated rings. The first kappa shape index (κ1) is 12.4. The molecule has 0 saturated carbocycles. The van der Waals surface area contributed by atoms with E-state index in [0.717, 1.165) is 25.4 Å². The molecule has 1 aromatic carbocycles. The minimum Gasteiger partial charge on any atom is -0.497 e. The third kappa shape index (κ3) is 3.20. The maximum atomic E-state index is 5.95. The normalized spacial score (nSPS) is 22.6. The molecule has 2 rings (SSSR count). The van der Waals surface area contributed by atoms with Gasteiger partial charge in [-0.25, -0.2) is 0 Å². The number of likely N-dealkylation sites (tertiary alicyclic amines) is 1. The number of methoxy groups -OCH3 is 1. The zero-order valence-electron chi connectivity index (χ0n) is 10.7. The van der Waals surface area contributed by atoms with Gasteiger partial charge in [0.25, 0.3) is 0 Å². The SMILES string of the molecule is COc1ccc(CN2CCC(C(C)N)C2)cc1. The Morgan fingerprint density at radius 2 is 2.12 bits per heavy atom. The molecule has 3 heteroatoms. The predicted molar refractivity (Wildman–Crippen MR) is 70.0 cm³/mol. The summed E-state index contributed by atoms with van der Waals surface area (Å²) in [6, 6.07) is 8.63. The van der Waals surface area contributed by atoms with E-state index in [0.29, 0.717) is 12.0 Å². The molecule has 1 aromatic rings. The zero-order valence-corrected chi connectivity index (χ0v) is 10.7. The molecule has 2 unspecified atom stereocenters. The van der Waals surface area contributed by atoms with Crippen LogP contribution in [0.25, 0.3) is 0 Å². The summed E-state index contributed by atoms with van der Waals surface area (Å²) in [5.41, 5.74) is 7.29. The Bertz CT molecular complexity index is 348. The number of ether oxygens (including phenoxy) is 1. The van der Waals surface area contributed by atoms with Crippen molar-refractivity contribution in [2.75, 3.05) is 20.2 Å². The Morgan fingerprint density at radius 1 is 1.41 bits per heavy atom. The molecule has 0 amide bonds. The molecule has 17 heavy (non-hydrogen) atoms. The molecule has 0 spiro atoms. The quantitative estimate of drug-likeness (QED) is 0.864. The van der Waals surface area contributed by atoms with Crippen molar-refractivity contribution in [1.29, 1.82) is 0 Å². The Hall–Kier alpha value is -1.06. The first-order valence-electron chi connectivity index (χ1n) is 6.30. The molecule has 0 aliphatic carbocycles. The molecule has 2 N–H and O–H groups in total. The van der Waals surface area contributed by atoms with Crippen molar-refractivity contribution in [3.05, 3.63) is 29.8 Å². The highest BCUT2D eigenvalue weighted by atomic mass is 16.5. The predicted octanol–water partition coefficient (Wildman–Crippen LogP) is 1.86. The fourth-order valence-electron chi connectivity index (χ4n) is 2.42. The van der Waals surface area contributed by atoms with E-state index < -0.39 is 0 Å². The minimum atomic E-state index is 0.316. The minimum absolute atomic E-state index is 0.316. The van der Waals surface area contributed by atoms with Gasteiger partial charge < -0.3 is 10.5 Å². The van der Waals surface area contributed by atoms with E-state index in [9.17, 15) is 0 Å². The number of rotatable bonds is 4. The summed E-state index contributed by atoms with van der Waals surface area (Å²) in [4.78, 5) is 2.48. The Kier molecular flexibility index (Phi) is 4.02. The van der Waals surface area contributed by atoms with Gasteiger partial charge >= 0.3 is 0 Å². The lowest BCUT2D eigenvalue weighted by Gasteiger charge is -2.17. The van der Waals surface area contributed by atoms with Gasteiger partial charge in [-0.05, 0) is 43.5 Å². The molecular weight excluding hydrogens is 212 g/mol. The van der Waals surface area contributed by atoms with Gasteiger partial charge in [-0.15, -0.1) is 0 Å². The number of hydrogen-bond donors (Lipinski definition) is 1. The van der Waals surface area contributed by atoms with E-state index in [1.807, 2.05) is 12.1 Å². The average molecular weight is 234 g/mol. The summed E-state index contributed by atoms with van der Waals surface area (Å²) < 4.78 is 5.16. The maximum absolute atomic E-state index is 5.95. The van der Waals surface area contributed by atoms with Crippen LogP contribution in [0.4, 0.5) is 0 Å². The molecule has 2 atom stereocenters. The summed E-state index contributed by atoms with van der Waals surface area (Å²) in [6.45, 7) is 5.43. The molecule has 1 aliphatic rings. The second-order valence-corrected chi connectivity index (χ2v) is 4.99. The molecule has 0 radical (unpaired) electrons. The van der Waals surface area contributed by atoms with Crippen LogP contribution in [-0.4, -0.2) is 31.1 Å². The lowest BCUT2D eigenvalue weighted by Crippen LogP contribution is -2.29. The molecule has 3 nitrogen and oxygen atoms in total. The fourth-order valence-corrected chi connectivity index (χ4v) is 2.42. The van der Waals surface area contributed by atoms with Crippen LogP contribution in [0.3, 0.4) is 0 Å². The van der Waals surface area contributed by atoms with Gasteiger partial charge in [0.2, 0.25) is 0 Å². The van der Waals surface area contributed by atoms with E-state index in [1.54, 1.807) is 7.11 Å². The highest BCUT2D eigenvalue weighted by Gasteiger charge is 2.24. The van der Waals surface area contributed by atoms with Crippen molar-refractivity contribution in [1.82, 2.24) is 4.90 Å². The third-order valence-corrected chi connectivity index (χ3v) is 3.62. The fraction of sp³-hybridized carbons (Fsp3) is 0.571. The molecule has 0 bridgehead atoms. The molecule has 94 valence electrons. The summed E-state index contributed by atoms with van der Waals surface area (Å²) >= 11 is 0. The number of nitrogens with two attached hydrogens (primary N) is 1. The van der Waals surface area contributed by atoms with Crippen molar-refractivity contribution in [2.24, 2.45) is 11.7 Å². The third-order valence-electron chi connectivity index (χ3n) is 3.62. The number of hydrogen-bond acceptors (Lipinski definition) is 3. The van der Waals surface area contributed by atoms with Crippen molar-refractivity contribution >= 4 is 0 Å². The van der Waals surface area contributed by atoms with Crippen LogP contribution in [0, 0.1) is 5.92 Å². The Balaban J connectivity index is 1.89. The van der Waals surface area contributed by atoms with E-state index in [1.165, 1.54) is 12.0 Å². The Labute approximate surface area is 104 Å². The number of nitrogens with zero attached hydrogens (tertiary/aromatic N) is 1. The van der Waals surface area contributed by atoms with Crippen molar-refractivity contribution in [3.8, 4) is 5.75 Å². The first-order valence-corrected chi connectivity index (χ1v) is 6.30. The van der Waals surface area contributed by atoms with Crippen molar-refractivity contribution in [2.45, 2.75) is 25.9 Å². The highest BCUT2D eigenvalue weighted by Crippen LogP contribution is 2.21. The van der Waals surface area contributed by atoms with Crippen LogP contribution in [0.15, 0.2) is 24.3 Å².